The average Bonchev–Trinajstić information content (AvgIpc) is 2.81. The van der Waals surface area contributed by atoms with E-state index in [-0.39, 0.29) is 11.5 Å². The second-order valence-corrected chi connectivity index (χ2v) is 7.38. The Kier molecular flexibility index (Phi) is 3.76. The minimum atomic E-state index is -3.74. The van der Waals surface area contributed by atoms with Gasteiger partial charge in [-0.15, -0.1) is 0 Å². The first-order valence-electron chi connectivity index (χ1n) is 6.26. The monoisotopic (exact) mass is 413 g/mol. The number of aliphatic hydroxyl groups excluding tert-OH is 1. The lowest BCUT2D eigenvalue weighted by Gasteiger charge is -2.10. The molecule has 0 unspecified atom stereocenters. The topological polar surface area (TPSA) is 59.3 Å². The predicted molar refractivity (Wildman–Crippen MR) is 89.6 cm³/mol. The van der Waals surface area contributed by atoms with Crippen molar-refractivity contribution in [2.45, 2.75) is 11.5 Å². The summed E-state index contributed by atoms with van der Waals surface area (Å²) in [5.41, 5.74) is 0.968. The Hall–Kier alpha value is -1.38. The molecule has 1 heterocycles. The number of aliphatic hydroxyl groups is 1. The summed E-state index contributed by atoms with van der Waals surface area (Å²) >= 11 is 2.07. The first kappa shape index (κ1) is 14.6. The molecule has 0 amide bonds. The van der Waals surface area contributed by atoms with Crippen LogP contribution >= 0.6 is 22.6 Å². The van der Waals surface area contributed by atoms with E-state index in [9.17, 15) is 13.5 Å². The van der Waals surface area contributed by atoms with Crippen LogP contribution in [-0.2, 0) is 16.6 Å². The third kappa shape index (κ3) is 2.27. The van der Waals surface area contributed by atoms with E-state index in [4.69, 9.17) is 0 Å². The van der Waals surface area contributed by atoms with Crippen LogP contribution in [0, 0.1) is 3.57 Å². The number of hydrogen-bond acceptors (Lipinski definition) is 3. The molecule has 21 heavy (non-hydrogen) atoms. The Morgan fingerprint density at radius 2 is 1.62 bits per heavy atom. The maximum absolute atomic E-state index is 12.9. The predicted octanol–water partition coefficient (Wildman–Crippen LogP) is 2.98. The molecule has 0 saturated carbocycles. The van der Waals surface area contributed by atoms with Gasteiger partial charge in [0.15, 0.2) is 0 Å². The van der Waals surface area contributed by atoms with Gasteiger partial charge in [-0.05, 0) is 40.8 Å². The molecule has 1 N–H and O–H groups in total. The molecule has 0 aliphatic heterocycles. The van der Waals surface area contributed by atoms with E-state index in [1.165, 1.54) is 3.97 Å². The van der Waals surface area contributed by atoms with Gasteiger partial charge in [0.2, 0.25) is 0 Å². The van der Waals surface area contributed by atoms with Crippen LogP contribution in [0.25, 0.3) is 10.9 Å². The van der Waals surface area contributed by atoms with Crippen LogP contribution in [0.4, 0.5) is 0 Å². The van der Waals surface area contributed by atoms with E-state index in [0.717, 1.165) is 8.96 Å². The van der Waals surface area contributed by atoms with Crippen LogP contribution in [0.3, 0.4) is 0 Å². The van der Waals surface area contributed by atoms with Crippen LogP contribution < -0.4 is 0 Å². The maximum Gasteiger partial charge on any atom is 0.268 e. The summed E-state index contributed by atoms with van der Waals surface area (Å²) in [6.07, 6.45) is 0. The normalized spacial score (nSPS) is 11.9. The summed E-state index contributed by atoms with van der Waals surface area (Å²) in [5, 5.41) is 10.4. The minimum Gasteiger partial charge on any atom is -0.390 e. The van der Waals surface area contributed by atoms with Crippen molar-refractivity contribution >= 4 is 43.5 Å². The highest BCUT2D eigenvalue weighted by molar-refractivity contribution is 14.1. The van der Waals surface area contributed by atoms with Crippen molar-refractivity contribution in [1.82, 2.24) is 3.97 Å². The number of para-hydroxylation sites is 1. The smallest absolute Gasteiger partial charge is 0.268 e. The third-order valence-corrected chi connectivity index (χ3v) is 6.26. The zero-order valence-corrected chi connectivity index (χ0v) is 13.9. The van der Waals surface area contributed by atoms with Gasteiger partial charge in [-0.1, -0.05) is 36.4 Å². The lowest BCUT2D eigenvalue weighted by molar-refractivity contribution is 0.275. The Labute approximate surface area is 136 Å². The molecule has 0 bridgehead atoms. The maximum atomic E-state index is 12.9. The van der Waals surface area contributed by atoms with E-state index >= 15 is 0 Å². The van der Waals surface area contributed by atoms with Crippen molar-refractivity contribution in [1.29, 1.82) is 0 Å². The molecule has 0 saturated heterocycles. The number of hydrogen-bond donors (Lipinski definition) is 1. The van der Waals surface area contributed by atoms with Gasteiger partial charge in [-0.25, -0.2) is 12.4 Å². The molecule has 108 valence electrons. The van der Waals surface area contributed by atoms with E-state index in [1.807, 2.05) is 12.1 Å². The van der Waals surface area contributed by atoms with E-state index in [2.05, 4.69) is 22.6 Å². The second-order valence-electron chi connectivity index (χ2n) is 4.52. The summed E-state index contributed by atoms with van der Waals surface area (Å²) in [6, 6.07) is 15.5. The number of aromatic nitrogens is 1. The molecule has 1 aromatic heterocycles. The minimum absolute atomic E-state index is 0.205. The standard InChI is InChI=1S/C15H12INO3S/c16-15-12-8-4-5-9-13(12)17(14(15)10-18)21(19,20)11-6-2-1-3-7-11/h1-9,18H,10H2. The van der Waals surface area contributed by atoms with Gasteiger partial charge in [-0.3, -0.25) is 0 Å². The van der Waals surface area contributed by atoms with Gasteiger partial charge in [0.05, 0.1) is 22.7 Å². The molecule has 6 heteroatoms. The van der Waals surface area contributed by atoms with Crippen molar-refractivity contribution in [3.8, 4) is 0 Å². The average molecular weight is 413 g/mol. The van der Waals surface area contributed by atoms with Crippen molar-refractivity contribution in [3.63, 3.8) is 0 Å². The number of nitrogens with zero attached hydrogens (tertiary/aromatic N) is 1. The molecular formula is C15H12INO3S. The largest absolute Gasteiger partial charge is 0.390 e. The molecule has 3 rings (SSSR count). The molecular weight excluding hydrogens is 401 g/mol. The van der Waals surface area contributed by atoms with Gasteiger partial charge < -0.3 is 5.11 Å². The summed E-state index contributed by atoms with van der Waals surface area (Å²) < 4.78 is 27.8. The van der Waals surface area contributed by atoms with Crippen molar-refractivity contribution in [3.05, 3.63) is 63.9 Å². The Morgan fingerprint density at radius 3 is 2.29 bits per heavy atom. The number of fused-ring (bicyclic) bond motifs is 1. The second kappa shape index (κ2) is 5.43. The first-order valence-corrected chi connectivity index (χ1v) is 8.78. The molecule has 0 fully saturated rings. The van der Waals surface area contributed by atoms with Gasteiger partial charge in [0.1, 0.15) is 0 Å². The van der Waals surface area contributed by atoms with Crippen LogP contribution in [0.15, 0.2) is 59.5 Å². The van der Waals surface area contributed by atoms with E-state index in [0.29, 0.717) is 11.2 Å². The molecule has 0 aliphatic carbocycles. The molecule has 0 spiro atoms. The quantitative estimate of drug-likeness (QED) is 0.672. The molecule has 2 aromatic carbocycles. The highest BCUT2D eigenvalue weighted by Crippen LogP contribution is 2.31. The van der Waals surface area contributed by atoms with Crippen LogP contribution in [0.2, 0.25) is 0 Å². The zero-order chi connectivity index (χ0) is 15.0. The van der Waals surface area contributed by atoms with Crippen LogP contribution in [0.5, 0.6) is 0 Å². The highest BCUT2D eigenvalue weighted by atomic mass is 127. The van der Waals surface area contributed by atoms with E-state index < -0.39 is 10.0 Å². The fourth-order valence-electron chi connectivity index (χ4n) is 2.33. The van der Waals surface area contributed by atoms with Crippen molar-refractivity contribution in [2.24, 2.45) is 0 Å². The fraction of sp³-hybridized carbons (Fsp3) is 0.0667. The molecule has 3 aromatic rings. The highest BCUT2D eigenvalue weighted by Gasteiger charge is 2.25. The zero-order valence-electron chi connectivity index (χ0n) is 10.9. The number of rotatable bonds is 3. The summed E-state index contributed by atoms with van der Waals surface area (Å²) in [6.45, 7) is -0.334. The molecule has 0 radical (unpaired) electrons. The fourth-order valence-corrected chi connectivity index (χ4v) is 4.93. The Morgan fingerprint density at radius 1 is 1.00 bits per heavy atom. The molecule has 0 atom stereocenters. The van der Waals surface area contributed by atoms with Gasteiger partial charge in [0.25, 0.3) is 10.0 Å². The van der Waals surface area contributed by atoms with Gasteiger partial charge in [0, 0.05) is 8.96 Å². The Bertz CT molecular complexity index is 901. The summed E-state index contributed by atoms with van der Waals surface area (Å²) in [4.78, 5) is 0.205. The summed E-state index contributed by atoms with van der Waals surface area (Å²) in [7, 11) is -3.74. The Balaban J connectivity index is 2.40. The van der Waals surface area contributed by atoms with E-state index in [1.54, 1.807) is 42.5 Å². The first-order chi connectivity index (χ1) is 10.1. The number of halogens is 1. The summed E-state index contributed by atoms with van der Waals surface area (Å²) in [5.74, 6) is 0. The molecule has 4 nitrogen and oxygen atoms in total. The van der Waals surface area contributed by atoms with Crippen LogP contribution in [0.1, 0.15) is 5.69 Å². The van der Waals surface area contributed by atoms with Crippen molar-refractivity contribution < 1.29 is 13.5 Å². The lowest BCUT2D eigenvalue weighted by atomic mass is 10.2. The van der Waals surface area contributed by atoms with Gasteiger partial charge >= 0.3 is 0 Å². The SMILES string of the molecule is O=S(=O)(c1ccccc1)n1c(CO)c(I)c2ccccc21. The number of benzene rings is 2. The third-order valence-electron chi connectivity index (χ3n) is 3.29. The lowest BCUT2D eigenvalue weighted by Crippen LogP contribution is -2.16. The van der Waals surface area contributed by atoms with Crippen LogP contribution in [-0.4, -0.2) is 17.5 Å². The van der Waals surface area contributed by atoms with Crippen molar-refractivity contribution in [2.75, 3.05) is 0 Å². The molecule has 0 aliphatic rings. The van der Waals surface area contributed by atoms with Gasteiger partial charge in [-0.2, -0.15) is 0 Å².